The van der Waals surface area contributed by atoms with Crippen molar-refractivity contribution in [3.05, 3.63) is 24.4 Å². The molecule has 130 valence electrons. The second-order valence-corrected chi connectivity index (χ2v) is 6.28. The van der Waals surface area contributed by atoms with Crippen molar-refractivity contribution >= 4 is 34.4 Å². The number of pyridine rings is 1. The molecule has 0 atom stereocenters. The van der Waals surface area contributed by atoms with Crippen molar-refractivity contribution in [2.45, 2.75) is 0 Å². The van der Waals surface area contributed by atoms with Gasteiger partial charge in [0.25, 0.3) is 0 Å². The molecule has 1 aromatic carbocycles. The monoisotopic (exact) mass is 350 g/mol. The van der Waals surface area contributed by atoms with E-state index in [4.69, 9.17) is 14.3 Å². The number of rotatable bonds is 3. The Kier molecular flexibility index (Phi) is 6.36. The van der Waals surface area contributed by atoms with Crippen molar-refractivity contribution in [1.82, 2.24) is 4.98 Å². The Morgan fingerprint density at radius 3 is 2.33 bits per heavy atom. The van der Waals surface area contributed by atoms with E-state index in [0.717, 1.165) is 35.5 Å². The molecule has 0 spiro atoms. The number of amides is 2. The number of ether oxygens (including phenoxy) is 2. The summed E-state index contributed by atoms with van der Waals surface area (Å²) in [4.78, 5) is 15.9. The Hall–Kier alpha value is -2.35. The van der Waals surface area contributed by atoms with Crippen molar-refractivity contribution in [3.63, 3.8) is 0 Å². The van der Waals surface area contributed by atoms with Gasteiger partial charge in [-0.2, -0.15) is 11.8 Å². The van der Waals surface area contributed by atoms with E-state index in [2.05, 4.69) is 27.4 Å². The molecule has 0 bridgehead atoms. The lowest BCUT2D eigenvalue weighted by molar-refractivity contribution is 0.256. The number of benzene rings is 1. The lowest BCUT2D eigenvalue weighted by Crippen LogP contribution is -2.32. The maximum atomic E-state index is 9.00. The zero-order valence-corrected chi connectivity index (χ0v) is 14.6. The Labute approximate surface area is 145 Å². The summed E-state index contributed by atoms with van der Waals surface area (Å²) in [5.41, 5.74) is 10.7. The van der Waals surface area contributed by atoms with Crippen LogP contribution in [0.2, 0.25) is 0 Å². The van der Waals surface area contributed by atoms with Crippen molar-refractivity contribution in [2.75, 3.05) is 43.7 Å². The molecule has 3 rings (SSSR count). The molecular weight excluding hydrogens is 328 g/mol. The highest BCUT2D eigenvalue weighted by Crippen LogP contribution is 2.36. The van der Waals surface area contributed by atoms with Crippen LogP contribution in [0.4, 0.5) is 10.5 Å². The van der Waals surface area contributed by atoms with Crippen molar-refractivity contribution < 1.29 is 14.3 Å². The zero-order valence-electron chi connectivity index (χ0n) is 13.8. The lowest BCUT2D eigenvalue weighted by atomic mass is 10.1. The van der Waals surface area contributed by atoms with Crippen molar-refractivity contribution in [2.24, 2.45) is 11.5 Å². The number of aromatic nitrogens is 1. The molecule has 8 heteroatoms. The van der Waals surface area contributed by atoms with Crippen LogP contribution >= 0.6 is 11.8 Å². The van der Waals surface area contributed by atoms with Gasteiger partial charge in [-0.05, 0) is 12.1 Å². The largest absolute Gasteiger partial charge is 0.493 e. The van der Waals surface area contributed by atoms with Crippen LogP contribution in [0.15, 0.2) is 24.4 Å². The molecule has 0 unspecified atom stereocenters. The number of thioether (sulfide) groups is 1. The predicted octanol–water partition coefficient (Wildman–Crippen LogP) is 1.83. The summed E-state index contributed by atoms with van der Waals surface area (Å²) in [7, 11) is 3.31. The Morgan fingerprint density at radius 1 is 1.17 bits per heavy atom. The van der Waals surface area contributed by atoms with Gasteiger partial charge in [0.15, 0.2) is 11.5 Å². The van der Waals surface area contributed by atoms with Gasteiger partial charge in [0.05, 0.1) is 19.7 Å². The maximum absolute atomic E-state index is 9.00. The van der Waals surface area contributed by atoms with E-state index >= 15 is 0 Å². The van der Waals surface area contributed by atoms with Crippen LogP contribution in [0.3, 0.4) is 0 Å². The molecule has 0 saturated carbocycles. The van der Waals surface area contributed by atoms with Gasteiger partial charge in [0.2, 0.25) is 0 Å². The number of hydrogen-bond donors (Lipinski definition) is 2. The number of hydrogen-bond acceptors (Lipinski definition) is 6. The zero-order chi connectivity index (χ0) is 17.5. The third-order valence-electron chi connectivity index (χ3n) is 3.58. The molecule has 1 saturated heterocycles. The van der Waals surface area contributed by atoms with Crippen molar-refractivity contribution in [1.29, 1.82) is 0 Å². The number of nitrogens with two attached hydrogens (primary N) is 2. The quantitative estimate of drug-likeness (QED) is 0.875. The smallest absolute Gasteiger partial charge is 0.309 e. The Bertz CT molecular complexity index is 701. The van der Waals surface area contributed by atoms with Gasteiger partial charge in [0.1, 0.15) is 0 Å². The average molecular weight is 350 g/mol. The Balaban J connectivity index is 0.000000471. The molecule has 7 nitrogen and oxygen atoms in total. The third kappa shape index (κ3) is 4.35. The fraction of sp³-hybridized carbons (Fsp3) is 0.375. The molecule has 0 radical (unpaired) electrons. The molecule has 4 N–H and O–H groups in total. The van der Waals surface area contributed by atoms with Crippen LogP contribution in [0, 0.1) is 0 Å². The maximum Gasteiger partial charge on any atom is 0.309 e. The number of nitrogens with zero attached hydrogens (tertiary/aromatic N) is 2. The molecule has 2 heterocycles. The van der Waals surface area contributed by atoms with E-state index in [9.17, 15) is 0 Å². The normalized spacial score (nSPS) is 13.8. The molecular formula is C16H22N4O3S. The van der Waals surface area contributed by atoms with Crippen LogP contribution in [-0.4, -0.2) is 49.8 Å². The third-order valence-corrected chi connectivity index (χ3v) is 4.52. The van der Waals surface area contributed by atoms with Crippen LogP contribution in [0.5, 0.6) is 11.5 Å². The van der Waals surface area contributed by atoms with E-state index in [0.29, 0.717) is 0 Å². The number of fused-ring (bicyclic) bond motifs is 1. The number of urea groups is 1. The molecule has 2 aromatic rings. The van der Waals surface area contributed by atoms with Gasteiger partial charge in [0, 0.05) is 47.9 Å². The molecule has 1 fully saturated rings. The SMILES string of the molecule is COc1cc2nccc(N3CCSCC3)c2cc1OC.NC(N)=O. The van der Waals surface area contributed by atoms with Crippen LogP contribution in [0.1, 0.15) is 0 Å². The predicted molar refractivity (Wildman–Crippen MR) is 98.2 cm³/mol. The highest BCUT2D eigenvalue weighted by Gasteiger charge is 2.16. The molecule has 1 aliphatic heterocycles. The van der Waals surface area contributed by atoms with E-state index in [1.807, 2.05) is 30.1 Å². The van der Waals surface area contributed by atoms with Crippen molar-refractivity contribution in [3.8, 4) is 11.5 Å². The van der Waals surface area contributed by atoms with Gasteiger partial charge >= 0.3 is 6.03 Å². The second-order valence-electron chi connectivity index (χ2n) is 5.06. The van der Waals surface area contributed by atoms with Crippen LogP contribution < -0.4 is 25.8 Å². The van der Waals surface area contributed by atoms with Gasteiger partial charge in [-0.3, -0.25) is 4.98 Å². The average Bonchev–Trinajstić information content (AvgIpc) is 2.60. The summed E-state index contributed by atoms with van der Waals surface area (Å²) < 4.78 is 10.8. The van der Waals surface area contributed by atoms with E-state index in [1.54, 1.807) is 14.2 Å². The van der Waals surface area contributed by atoms with Gasteiger partial charge in [-0.15, -0.1) is 0 Å². The molecule has 1 aromatic heterocycles. The fourth-order valence-corrected chi connectivity index (χ4v) is 3.44. The second kappa shape index (κ2) is 8.49. The van der Waals surface area contributed by atoms with E-state index in [1.165, 1.54) is 17.2 Å². The summed E-state index contributed by atoms with van der Waals surface area (Å²) in [6.07, 6.45) is 1.87. The van der Waals surface area contributed by atoms with Crippen LogP contribution in [0.25, 0.3) is 10.9 Å². The standard InChI is InChI=1S/C15H18N2O2S.CH4N2O/c1-18-14-9-11-12(10-15(14)19-2)16-4-3-13(11)17-5-7-20-8-6-17;2-1(3)4/h3-4,9-10H,5-8H2,1-2H3;(H4,2,3,4). The van der Waals surface area contributed by atoms with Gasteiger partial charge in [-0.25, -0.2) is 4.79 Å². The molecule has 0 aliphatic carbocycles. The lowest BCUT2D eigenvalue weighted by Gasteiger charge is -2.29. The fourth-order valence-electron chi connectivity index (χ4n) is 2.54. The summed E-state index contributed by atoms with van der Waals surface area (Å²) in [5.74, 6) is 3.83. The summed E-state index contributed by atoms with van der Waals surface area (Å²) in [5, 5.41) is 1.12. The first kappa shape index (κ1) is 18.0. The number of carbonyl (C=O) groups excluding carboxylic acids is 1. The summed E-state index contributed by atoms with van der Waals surface area (Å²) in [6, 6.07) is 5.22. The molecule has 1 aliphatic rings. The number of primary amides is 2. The Morgan fingerprint density at radius 2 is 1.75 bits per heavy atom. The van der Waals surface area contributed by atoms with Crippen LogP contribution in [-0.2, 0) is 0 Å². The summed E-state index contributed by atoms with van der Waals surface area (Å²) >= 11 is 2.01. The number of methoxy groups -OCH3 is 2. The van der Waals surface area contributed by atoms with E-state index in [-0.39, 0.29) is 0 Å². The number of carbonyl (C=O) groups is 1. The topological polar surface area (TPSA) is 104 Å². The minimum Gasteiger partial charge on any atom is -0.493 e. The van der Waals surface area contributed by atoms with Gasteiger partial charge < -0.3 is 25.8 Å². The first-order valence-electron chi connectivity index (χ1n) is 7.45. The summed E-state index contributed by atoms with van der Waals surface area (Å²) in [6.45, 7) is 2.16. The number of anilines is 1. The minimum atomic E-state index is -0.833. The first-order valence-corrected chi connectivity index (χ1v) is 8.60. The first-order chi connectivity index (χ1) is 11.6. The molecule has 24 heavy (non-hydrogen) atoms. The highest BCUT2D eigenvalue weighted by atomic mass is 32.2. The minimum absolute atomic E-state index is 0.721. The van der Waals surface area contributed by atoms with E-state index < -0.39 is 6.03 Å². The van der Waals surface area contributed by atoms with Gasteiger partial charge in [-0.1, -0.05) is 0 Å². The highest BCUT2D eigenvalue weighted by molar-refractivity contribution is 7.99. The molecule has 2 amide bonds.